The van der Waals surface area contributed by atoms with Crippen LogP contribution in [0.5, 0.6) is 0 Å². The zero-order valence-electron chi connectivity index (χ0n) is 16.6. The van der Waals surface area contributed by atoms with Crippen molar-refractivity contribution in [2.45, 2.75) is 33.6 Å². The van der Waals surface area contributed by atoms with E-state index in [4.69, 9.17) is 14.3 Å². The van der Waals surface area contributed by atoms with Crippen molar-refractivity contribution in [1.82, 2.24) is 10.4 Å². The summed E-state index contributed by atoms with van der Waals surface area (Å²) in [5, 5.41) is 3.58. The minimum Gasteiger partial charge on any atom is -0.462 e. The number of aldehydes is 1. The average Bonchev–Trinajstić information content (AvgIpc) is 2.72. The summed E-state index contributed by atoms with van der Waals surface area (Å²) in [4.78, 5) is 39.8. The maximum Gasteiger partial charge on any atom is 0.274 e. The summed E-state index contributed by atoms with van der Waals surface area (Å²) < 4.78 is 10.0. The van der Waals surface area contributed by atoms with Crippen LogP contribution in [0.1, 0.15) is 36.7 Å². The summed E-state index contributed by atoms with van der Waals surface area (Å²) in [6.45, 7) is 5.72. The fraction of sp³-hybridized carbons (Fsp3) is 0.421. The van der Waals surface area contributed by atoms with Crippen molar-refractivity contribution in [3.63, 3.8) is 0 Å². The molecule has 150 valence electrons. The Balaban J connectivity index is 0.00000326. The Bertz CT molecular complexity index is 628. The summed E-state index contributed by atoms with van der Waals surface area (Å²) in [6.07, 6.45) is 0.766. The summed E-state index contributed by atoms with van der Waals surface area (Å²) >= 11 is 0. The number of benzene rings is 1. The maximum absolute atomic E-state index is 12.2. The molecule has 1 N–H and O–H groups in total. The van der Waals surface area contributed by atoms with E-state index in [2.05, 4.69) is 5.32 Å². The van der Waals surface area contributed by atoms with Gasteiger partial charge in [-0.1, -0.05) is 26.0 Å². The summed E-state index contributed by atoms with van der Waals surface area (Å²) in [7, 11) is 4.30. The number of rotatable bonds is 9. The largest absolute Gasteiger partial charge is 0.462 e. The van der Waals surface area contributed by atoms with Gasteiger partial charge in [0.05, 0.1) is 19.7 Å². The van der Waals surface area contributed by atoms with Crippen molar-refractivity contribution < 1.29 is 28.7 Å². The average molecular weight is 380 g/mol. The number of amides is 2. The minimum absolute atomic E-state index is 0.131. The van der Waals surface area contributed by atoms with E-state index in [0.717, 1.165) is 16.7 Å². The van der Waals surface area contributed by atoms with Gasteiger partial charge < -0.3 is 14.8 Å². The highest BCUT2D eigenvalue weighted by atomic mass is 16.7. The molecule has 1 aromatic carbocycles. The first-order valence-corrected chi connectivity index (χ1v) is 8.48. The highest BCUT2D eigenvalue weighted by molar-refractivity contribution is 5.94. The predicted octanol–water partition coefficient (Wildman–Crippen LogP) is 2.05. The van der Waals surface area contributed by atoms with Gasteiger partial charge in [0.15, 0.2) is 18.3 Å². The first-order chi connectivity index (χ1) is 12.9. The molecule has 1 rings (SSSR count). The molecule has 0 saturated heterocycles. The SMILES string of the molecule is CC.CNC(=O)c1ccc(CN(OC)C(=O)/C=C(/C=O)OC(C)OC)cc1. The summed E-state index contributed by atoms with van der Waals surface area (Å²) in [6, 6.07) is 6.69. The van der Waals surface area contributed by atoms with Gasteiger partial charge in [0.1, 0.15) is 0 Å². The van der Waals surface area contributed by atoms with E-state index in [1.54, 1.807) is 38.2 Å². The fourth-order valence-electron chi connectivity index (χ4n) is 1.83. The van der Waals surface area contributed by atoms with Crippen LogP contribution in [-0.2, 0) is 30.4 Å². The number of hydrogen-bond donors (Lipinski definition) is 1. The van der Waals surface area contributed by atoms with Gasteiger partial charge in [-0.05, 0) is 24.6 Å². The number of nitrogens with one attached hydrogen (secondary N) is 1. The number of carbonyl (C=O) groups is 3. The summed E-state index contributed by atoms with van der Waals surface area (Å²) in [5.74, 6) is -0.936. The van der Waals surface area contributed by atoms with Crippen molar-refractivity contribution in [3.8, 4) is 0 Å². The molecular weight excluding hydrogens is 352 g/mol. The quantitative estimate of drug-likeness (QED) is 0.232. The van der Waals surface area contributed by atoms with Gasteiger partial charge in [-0.15, -0.1) is 0 Å². The first kappa shape index (κ1) is 24.3. The van der Waals surface area contributed by atoms with Crippen molar-refractivity contribution in [1.29, 1.82) is 0 Å². The normalized spacial score (nSPS) is 11.6. The molecule has 1 aromatic rings. The zero-order valence-corrected chi connectivity index (χ0v) is 16.6. The molecule has 0 aliphatic heterocycles. The molecule has 0 spiro atoms. The van der Waals surface area contributed by atoms with Crippen molar-refractivity contribution in [2.24, 2.45) is 0 Å². The Morgan fingerprint density at radius 3 is 2.22 bits per heavy atom. The highest BCUT2D eigenvalue weighted by Crippen LogP contribution is 2.10. The fourth-order valence-corrected chi connectivity index (χ4v) is 1.83. The van der Waals surface area contributed by atoms with Gasteiger partial charge in [0.2, 0.25) is 0 Å². The van der Waals surface area contributed by atoms with E-state index in [9.17, 15) is 14.4 Å². The lowest BCUT2D eigenvalue weighted by Gasteiger charge is -2.19. The van der Waals surface area contributed by atoms with Crippen LogP contribution in [0.2, 0.25) is 0 Å². The van der Waals surface area contributed by atoms with Gasteiger partial charge in [-0.25, -0.2) is 5.06 Å². The summed E-state index contributed by atoms with van der Waals surface area (Å²) in [5.41, 5.74) is 1.25. The number of nitrogens with zero attached hydrogens (tertiary/aromatic N) is 1. The van der Waals surface area contributed by atoms with Crippen LogP contribution in [0.25, 0.3) is 0 Å². The lowest BCUT2D eigenvalue weighted by atomic mass is 10.1. The standard InChI is InChI=1S/C17H22N2O6.C2H6/c1-12(23-3)25-15(11-20)9-16(21)19(24-4)10-13-5-7-14(8-6-13)17(22)18-2;1-2/h5-9,11-12H,10H2,1-4H3,(H,18,22);1-2H3/b15-9-;. The van der Waals surface area contributed by atoms with Crippen LogP contribution >= 0.6 is 0 Å². The van der Waals surface area contributed by atoms with Crippen LogP contribution in [0.15, 0.2) is 36.1 Å². The Morgan fingerprint density at radius 2 is 1.78 bits per heavy atom. The topological polar surface area (TPSA) is 94.2 Å². The van der Waals surface area contributed by atoms with E-state index in [0.29, 0.717) is 11.8 Å². The van der Waals surface area contributed by atoms with Crippen LogP contribution in [0.4, 0.5) is 0 Å². The van der Waals surface area contributed by atoms with Gasteiger partial charge in [-0.3, -0.25) is 19.2 Å². The monoisotopic (exact) mass is 380 g/mol. The number of methoxy groups -OCH3 is 1. The molecule has 8 nitrogen and oxygen atoms in total. The molecule has 0 aliphatic carbocycles. The molecule has 0 bridgehead atoms. The third-order valence-corrected chi connectivity index (χ3v) is 3.25. The van der Waals surface area contributed by atoms with Crippen LogP contribution in [-0.4, -0.2) is 50.7 Å². The molecular formula is C19H28N2O6. The van der Waals surface area contributed by atoms with Gasteiger partial charge in [-0.2, -0.15) is 0 Å². The van der Waals surface area contributed by atoms with Gasteiger partial charge >= 0.3 is 0 Å². The Morgan fingerprint density at radius 1 is 1.19 bits per heavy atom. The maximum atomic E-state index is 12.2. The zero-order chi connectivity index (χ0) is 20.8. The predicted molar refractivity (Wildman–Crippen MR) is 100 cm³/mol. The van der Waals surface area contributed by atoms with E-state index in [-0.39, 0.29) is 18.2 Å². The second-order valence-electron chi connectivity index (χ2n) is 4.92. The van der Waals surface area contributed by atoms with Crippen molar-refractivity contribution in [2.75, 3.05) is 21.3 Å². The molecule has 0 radical (unpaired) electrons. The second kappa shape index (κ2) is 13.5. The van der Waals surface area contributed by atoms with E-state index in [1.807, 2.05) is 13.8 Å². The molecule has 1 atom stereocenters. The van der Waals surface area contributed by atoms with E-state index >= 15 is 0 Å². The van der Waals surface area contributed by atoms with E-state index in [1.165, 1.54) is 14.2 Å². The molecule has 0 aromatic heterocycles. The minimum atomic E-state index is -0.669. The number of carbonyl (C=O) groups excluding carboxylic acids is 3. The number of hydrogen-bond acceptors (Lipinski definition) is 6. The Labute approximate surface area is 160 Å². The van der Waals surface area contributed by atoms with Crippen molar-refractivity contribution in [3.05, 3.63) is 47.2 Å². The first-order valence-electron chi connectivity index (χ1n) is 8.48. The number of hydroxylamine groups is 2. The molecule has 1 unspecified atom stereocenters. The van der Waals surface area contributed by atoms with Gasteiger partial charge in [0, 0.05) is 19.7 Å². The smallest absolute Gasteiger partial charge is 0.274 e. The molecule has 8 heteroatoms. The molecule has 0 saturated carbocycles. The molecule has 27 heavy (non-hydrogen) atoms. The molecule has 0 aliphatic rings. The lowest BCUT2D eigenvalue weighted by Crippen LogP contribution is -2.28. The van der Waals surface area contributed by atoms with Crippen LogP contribution in [0.3, 0.4) is 0 Å². The van der Waals surface area contributed by atoms with Crippen LogP contribution < -0.4 is 5.32 Å². The Kier molecular flexibility index (Phi) is 12.1. The molecule has 0 heterocycles. The van der Waals surface area contributed by atoms with Crippen LogP contribution in [0, 0.1) is 0 Å². The number of allylic oxidation sites excluding steroid dienone is 1. The molecule has 2 amide bonds. The third-order valence-electron chi connectivity index (χ3n) is 3.25. The van der Waals surface area contributed by atoms with Gasteiger partial charge in [0.25, 0.3) is 11.8 Å². The number of ether oxygens (including phenoxy) is 2. The highest BCUT2D eigenvalue weighted by Gasteiger charge is 2.15. The Hall–Kier alpha value is -2.71. The van der Waals surface area contributed by atoms with Crippen molar-refractivity contribution >= 4 is 18.1 Å². The lowest BCUT2D eigenvalue weighted by molar-refractivity contribution is -0.173. The molecule has 0 fully saturated rings. The second-order valence-corrected chi connectivity index (χ2v) is 4.92. The van der Waals surface area contributed by atoms with E-state index < -0.39 is 12.2 Å². The third kappa shape index (κ3) is 8.48.